The lowest BCUT2D eigenvalue weighted by Crippen LogP contribution is -2.22. The van der Waals surface area contributed by atoms with Crippen LogP contribution < -0.4 is 5.32 Å². The molecule has 1 unspecified atom stereocenters. The second-order valence-electron chi connectivity index (χ2n) is 4.39. The highest BCUT2D eigenvalue weighted by Crippen LogP contribution is 2.29. The summed E-state index contributed by atoms with van der Waals surface area (Å²) in [7, 11) is 0. The van der Waals surface area contributed by atoms with E-state index >= 15 is 0 Å². The number of fused-ring (bicyclic) bond motifs is 1. The molecule has 4 heteroatoms. The molecular weight excluding hydrogens is 232 g/mol. The number of thioether (sulfide) groups is 1. The summed E-state index contributed by atoms with van der Waals surface area (Å²) in [5.41, 5.74) is 1.84. The van der Waals surface area contributed by atoms with Crippen molar-refractivity contribution in [3.05, 3.63) is 24.3 Å². The van der Waals surface area contributed by atoms with Crippen molar-refractivity contribution in [3.63, 3.8) is 0 Å². The van der Waals surface area contributed by atoms with Crippen LogP contribution in [0.15, 0.2) is 33.9 Å². The van der Waals surface area contributed by atoms with E-state index in [0.717, 1.165) is 29.4 Å². The van der Waals surface area contributed by atoms with E-state index in [1.807, 2.05) is 24.3 Å². The first kappa shape index (κ1) is 11.1. The number of hydrogen-bond donors (Lipinski definition) is 1. The Labute approximate surface area is 105 Å². The zero-order chi connectivity index (χ0) is 11.5. The Morgan fingerprint density at radius 2 is 2.24 bits per heavy atom. The number of nitrogens with zero attached hydrogens (tertiary/aromatic N) is 1. The number of nitrogens with one attached hydrogen (secondary N) is 1. The first-order valence-electron chi connectivity index (χ1n) is 6.15. The summed E-state index contributed by atoms with van der Waals surface area (Å²) in [6, 6.07) is 7.94. The average Bonchev–Trinajstić information content (AvgIpc) is 2.57. The molecule has 17 heavy (non-hydrogen) atoms. The van der Waals surface area contributed by atoms with Crippen LogP contribution in [0.1, 0.15) is 19.3 Å². The van der Waals surface area contributed by atoms with Gasteiger partial charge in [-0.1, -0.05) is 30.3 Å². The summed E-state index contributed by atoms with van der Waals surface area (Å²) in [5, 5.41) is 4.86. The van der Waals surface area contributed by atoms with Gasteiger partial charge in [0.15, 0.2) is 5.58 Å². The molecule has 3 nitrogen and oxygen atoms in total. The molecule has 0 amide bonds. The van der Waals surface area contributed by atoms with E-state index in [4.69, 9.17) is 4.42 Å². The fourth-order valence-corrected chi connectivity index (χ4v) is 3.19. The maximum atomic E-state index is 5.74. The molecule has 90 valence electrons. The van der Waals surface area contributed by atoms with Gasteiger partial charge in [-0.3, -0.25) is 0 Å². The van der Waals surface area contributed by atoms with Crippen LogP contribution in [-0.2, 0) is 0 Å². The molecule has 1 aliphatic heterocycles. The third-order valence-electron chi connectivity index (χ3n) is 3.04. The Morgan fingerprint density at radius 3 is 3.18 bits per heavy atom. The highest BCUT2D eigenvalue weighted by atomic mass is 32.2. The minimum atomic E-state index is 0.588. The highest BCUT2D eigenvalue weighted by molar-refractivity contribution is 7.99. The molecule has 1 atom stereocenters. The van der Waals surface area contributed by atoms with Crippen LogP contribution in [-0.4, -0.2) is 23.3 Å². The first-order chi connectivity index (χ1) is 8.42. The summed E-state index contributed by atoms with van der Waals surface area (Å²) in [4.78, 5) is 4.51. The third kappa shape index (κ3) is 2.64. The van der Waals surface area contributed by atoms with Gasteiger partial charge in [-0.05, 0) is 31.5 Å². The largest absolute Gasteiger partial charge is 0.431 e. The van der Waals surface area contributed by atoms with Gasteiger partial charge in [-0.15, -0.1) is 0 Å². The van der Waals surface area contributed by atoms with Gasteiger partial charge in [0, 0.05) is 11.8 Å². The summed E-state index contributed by atoms with van der Waals surface area (Å²) in [5.74, 6) is 0. The van der Waals surface area contributed by atoms with Crippen molar-refractivity contribution < 1.29 is 4.42 Å². The average molecular weight is 248 g/mol. The monoisotopic (exact) mass is 248 g/mol. The van der Waals surface area contributed by atoms with Crippen LogP contribution >= 0.6 is 11.8 Å². The smallest absolute Gasteiger partial charge is 0.257 e. The van der Waals surface area contributed by atoms with Crippen LogP contribution in [0, 0.1) is 0 Å². The number of oxazole rings is 1. The molecule has 1 aliphatic rings. The van der Waals surface area contributed by atoms with E-state index in [-0.39, 0.29) is 0 Å². The second kappa shape index (κ2) is 5.10. The lowest BCUT2D eigenvalue weighted by atomic mass is 10.2. The lowest BCUT2D eigenvalue weighted by molar-refractivity contribution is 0.487. The Bertz CT molecular complexity index is 456. The predicted molar refractivity (Wildman–Crippen MR) is 70.4 cm³/mol. The predicted octanol–water partition coefficient (Wildman–Crippen LogP) is 3.06. The zero-order valence-corrected chi connectivity index (χ0v) is 10.5. The van der Waals surface area contributed by atoms with Gasteiger partial charge in [0.25, 0.3) is 5.22 Å². The Balaban J connectivity index is 1.75. The van der Waals surface area contributed by atoms with Gasteiger partial charge in [-0.2, -0.15) is 0 Å². The Morgan fingerprint density at radius 1 is 1.29 bits per heavy atom. The van der Waals surface area contributed by atoms with Crippen LogP contribution in [0.5, 0.6) is 0 Å². The van der Waals surface area contributed by atoms with Crippen LogP contribution in [0.25, 0.3) is 11.1 Å². The van der Waals surface area contributed by atoms with Crippen molar-refractivity contribution in [2.45, 2.75) is 29.7 Å². The molecule has 0 aliphatic carbocycles. The van der Waals surface area contributed by atoms with Gasteiger partial charge >= 0.3 is 0 Å². The number of para-hydroxylation sites is 2. The molecule has 2 aromatic rings. The number of benzene rings is 1. The molecule has 0 saturated carbocycles. The first-order valence-corrected chi connectivity index (χ1v) is 7.03. The fraction of sp³-hybridized carbons (Fsp3) is 0.462. The standard InChI is InChI=1S/C13H16N2OS/c1-2-7-12-11(6-1)15-13(16-12)17-10-5-3-4-8-14-9-10/h1-2,6-7,10,14H,3-5,8-9H2. The van der Waals surface area contributed by atoms with Gasteiger partial charge in [0.1, 0.15) is 5.52 Å². The molecule has 1 N–H and O–H groups in total. The minimum absolute atomic E-state index is 0.588. The fourth-order valence-electron chi connectivity index (χ4n) is 2.13. The summed E-state index contributed by atoms with van der Waals surface area (Å²) in [6.07, 6.45) is 3.83. The highest BCUT2D eigenvalue weighted by Gasteiger charge is 2.16. The molecule has 2 heterocycles. The van der Waals surface area contributed by atoms with Gasteiger partial charge < -0.3 is 9.73 Å². The maximum absolute atomic E-state index is 5.74. The van der Waals surface area contributed by atoms with Gasteiger partial charge in [-0.25, -0.2) is 4.98 Å². The third-order valence-corrected chi connectivity index (χ3v) is 4.16. The Kier molecular flexibility index (Phi) is 3.34. The van der Waals surface area contributed by atoms with E-state index < -0.39 is 0 Å². The molecule has 0 bridgehead atoms. The zero-order valence-electron chi connectivity index (χ0n) is 9.69. The van der Waals surface area contributed by atoms with E-state index in [1.54, 1.807) is 11.8 Å². The van der Waals surface area contributed by atoms with Crippen LogP contribution in [0.2, 0.25) is 0 Å². The van der Waals surface area contributed by atoms with Crippen molar-refractivity contribution in [3.8, 4) is 0 Å². The van der Waals surface area contributed by atoms with Crippen molar-refractivity contribution >= 4 is 22.9 Å². The van der Waals surface area contributed by atoms with Crippen LogP contribution in [0.4, 0.5) is 0 Å². The molecule has 0 spiro atoms. The molecule has 1 fully saturated rings. The SMILES string of the molecule is c1ccc2oc(SC3CCCCNC3)nc2c1. The molecule has 3 rings (SSSR count). The molecule has 1 saturated heterocycles. The number of rotatable bonds is 2. The number of aromatic nitrogens is 1. The van der Waals surface area contributed by atoms with E-state index in [2.05, 4.69) is 10.3 Å². The van der Waals surface area contributed by atoms with Gasteiger partial charge in [0.2, 0.25) is 0 Å². The molecule has 1 aromatic carbocycles. The number of hydrogen-bond acceptors (Lipinski definition) is 4. The minimum Gasteiger partial charge on any atom is -0.431 e. The van der Waals surface area contributed by atoms with Crippen molar-refractivity contribution in [2.75, 3.05) is 13.1 Å². The lowest BCUT2D eigenvalue weighted by Gasteiger charge is -2.10. The summed E-state index contributed by atoms with van der Waals surface area (Å²) < 4.78 is 5.74. The molecule has 1 aromatic heterocycles. The van der Waals surface area contributed by atoms with Gasteiger partial charge in [0.05, 0.1) is 0 Å². The normalized spacial score (nSPS) is 21.5. The molecular formula is C13H16N2OS. The Hall–Kier alpha value is -1.00. The summed E-state index contributed by atoms with van der Waals surface area (Å²) in [6.45, 7) is 2.20. The molecule has 0 radical (unpaired) electrons. The van der Waals surface area contributed by atoms with Crippen molar-refractivity contribution in [1.29, 1.82) is 0 Å². The maximum Gasteiger partial charge on any atom is 0.257 e. The second-order valence-corrected chi connectivity index (χ2v) is 5.64. The van der Waals surface area contributed by atoms with E-state index in [0.29, 0.717) is 5.25 Å². The van der Waals surface area contributed by atoms with Crippen LogP contribution in [0.3, 0.4) is 0 Å². The van der Waals surface area contributed by atoms with Crippen molar-refractivity contribution in [1.82, 2.24) is 10.3 Å². The van der Waals surface area contributed by atoms with E-state index in [1.165, 1.54) is 19.3 Å². The summed E-state index contributed by atoms with van der Waals surface area (Å²) >= 11 is 1.76. The van der Waals surface area contributed by atoms with E-state index in [9.17, 15) is 0 Å². The van der Waals surface area contributed by atoms with Crippen molar-refractivity contribution in [2.24, 2.45) is 0 Å². The quantitative estimate of drug-likeness (QED) is 0.886. The topological polar surface area (TPSA) is 38.1 Å².